The molecule has 116 valence electrons. The molecule has 0 bridgehead atoms. The van der Waals surface area contributed by atoms with Gasteiger partial charge in [0.25, 0.3) is 0 Å². The highest BCUT2D eigenvalue weighted by molar-refractivity contribution is 6.30. The van der Waals surface area contributed by atoms with Crippen molar-refractivity contribution in [1.29, 1.82) is 0 Å². The van der Waals surface area contributed by atoms with Gasteiger partial charge in [0.05, 0.1) is 12.2 Å². The number of nitrogens with one attached hydrogen (secondary N) is 1. The van der Waals surface area contributed by atoms with Gasteiger partial charge >= 0.3 is 5.82 Å². The van der Waals surface area contributed by atoms with Crippen LogP contribution in [0.3, 0.4) is 0 Å². The minimum absolute atomic E-state index is 0.00544. The highest BCUT2D eigenvalue weighted by Gasteiger charge is 2.28. The van der Waals surface area contributed by atoms with E-state index in [4.69, 9.17) is 11.6 Å². The lowest BCUT2D eigenvalue weighted by atomic mass is 10.1. The Morgan fingerprint density at radius 1 is 1.35 bits per heavy atom. The minimum Gasteiger partial charge on any atom is -0.358 e. The Bertz CT molecular complexity index is 922. The van der Waals surface area contributed by atoms with Gasteiger partial charge in [-0.2, -0.15) is 9.38 Å². The third-order valence-corrected chi connectivity index (χ3v) is 4.41. The number of imidazole rings is 1. The molecule has 3 aromatic rings. The van der Waals surface area contributed by atoms with Crippen molar-refractivity contribution >= 4 is 28.9 Å². The van der Waals surface area contributed by atoms with Crippen LogP contribution in [0.4, 0.5) is 11.6 Å². The molecule has 0 unspecified atom stereocenters. The van der Waals surface area contributed by atoms with Gasteiger partial charge in [-0.25, -0.2) is 0 Å². The van der Waals surface area contributed by atoms with Gasteiger partial charge in [-0.1, -0.05) is 23.7 Å². The Hall–Kier alpha value is -2.60. The van der Waals surface area contributed by atoms with Crippen molar-refractivity contribution in [3.8, 4) is 0 Å². The number of benzene rings is 1. The molecule has 0 fully saturated rings. The summed E-state index contributed by atoms with van der Waals surface area (Å²) in [7, 11) is 0. The van der Waals surface area contributed by atoms with Crippen LogP contribution in [0.25, 0.3) is 5.65 Å². The average molecular weight is 329 g/mol. The molecule has 2 heterocycles. The summed E-state index contributed by atoms with van der Waals surface area (Å²) in [6, 6.07) is 11.1. The number of hydrogen-bond donors (Lipinski definition) is 1. The van der Waals surface area contributed by atoms with E-state index < -0.39 is 4.92 Å². The van der Waals surface area contributed by atoms with Crippen molar-refractivity contribution in [1.82, 2.24) is 9.38 Å². The van der Waals surface area contributed by atoms with Crippen LogP contribution >= 0.6 is 11.6 Å². The SMILES string of the molecule is O=[N+]([O-])c1c(N[C@H]2CCc3cc(Cl)ccc32)nc2ccccn12. The number of aromatic nitrogens is 2. The highest BCUT2D eigenvalue weighted by atomic mass is 35.5. The Morgan fingerprint density at radius 3 is 3.04 bits per heavy atom. The molecule has 0 saturated heterocycles. The first-order chi connectivity index (χ1) is 11.1. The fraction of sp³-hybridized carbons (Fsp3) is 0.188. The molecular weight excluding hydrogens is 316 g/mol. The van der Waals surface area contributed by atoms with Gasteiger partial charge < -0.3 is 15.4 Å². The first-order valence-electron chi connectivity index (χ1n) is 7.30. The smallest absolute Gasteiger partial charge is 0.358 e. The summed E-state index contributed by atoms with van der Waals surface area (Å²) in [5.41, 5.74) is 2.86. The van der Waals surface area contributed by atoms with Crippen LogP contribution in [0.15, 0.2) is 42.6 Å². The zero-order chi connectivity index (χ0) is 16.0. The van der Waals surface area contributed by atoms with Crippen LogP contribution in [-0.2, 0) is 6.42 Å². The summed E-state index contributed by atoms with van der Waals surface area (Å²) >= 11 is 6.03. The summed E-state index contributed by atoms with van der Waals surface area (Å²) in [5, 5.41) is 15.4. The van der Waals surface area contributed by atoms with E-state index >= 15 is 0 Å². The molecule has 0 amide bonds. The normalized spacial score (nSPS) is 16.5. The van der Waals surface area contributed by atoms with Gasteiger partial charge in [0.1, 0.15) is 0 Å². The Morgan fingerprint density at radius 2 is 2.22 bits per heavy atom. The first kappa shape index (κ1) is 14.0. The summed E-state index contributed by atoms with van der Waals surface area (Å²) < 4.78 is 1.49. The summed E-state index contributed by atoms with van der Waals surface area (Å²) in [6.45, 7) is 0. The molecule has 6 nitrogen and oxygen atoms in total. The van der Waals surface area contributed by atoms with Crippen molar-refractivity contribution in [2.75, 3.05) is 5.32 Å². The van der Waals surface area contributed by atoms with Crippen LogP contribution in [0.2, 0.25) is 5.02 Å². The van der Waals surface area contributed by atoms with Crippen molar-refractivity contribution in [3.05, 3.63) is 68.9 Å². The zero-order valence-electron chi connectivity index (χ0n) is 12.1. The van der Waals surface area contributed by atoms with E-state index in [2.05, 4.69) is 10.3 Å². The summed E-state index contributed by atoms with van der Waals surface area (Å²) in [5.74, 6) is 0.261. The molecule has 0 spiro atoms. The van der Waals surface area contributed by atoms with Crippen LogP contribution in [-0.4, -0.2) is 14.3 Å². The van der Waals surface area contributed by atoms with Gasteiger partial charge in [0, 0.05) is 11.1 Å². The molecule has 1 aliphatic rings. The van der Waals surface area contributed by atoms with Gasteiger partial charge in [-0.15, -0.1) is 0 Å². The van der Waals surface area contributed by atoms with E-state index in [0.717, 1.165) is 18.4 Å². The third kappa shape index (κ3) is 2.31. The monoisotopic (exact) mass is 328 g/mol. The summed E-state index contributed by atoms with van der Waals surface area (Å²) in [6.07, 6.45) is 3.41. The third-order valence-electron chi connectivity index (χ3n) is 4.17. The minimum atomic E-state index is -0.403. The van der Waals surface area contributed by atoms with Gasteiger partial charge in [-0.05, 0) is 47.1 Å². The Labute approximate surface area is 136 Å². The second kappa shape index (κ2) is 5.24. The van der Waals surface area contributed by atoms with E-state index in [1.54, 1.807) is 18.3 Å². The van der Waals surface area contributed by atoms with E-state index in [-0.39, 0.29) is 11.9 Å². The molecule has 1 N–H and O–H groups in total. The molecule has 0 saturated carbocycles. The molecule has 0 aliphatic heterocycles. The van der Waals surface area contributed by atoms with Gasteiger partial charge in [0.2, 0.25) is 11.5 Å². The van der Waals surface area contributed by atoms with Gasteiger partial charge in [0.15, 0.2) is 0 Å². The fourth-order valence-electron chi connectivity index (χ4n) is 3.16. The van der Waals surface area contributed by atoms with Crippen molar-refractivity contribution in [2.24, 2.45) is 0 Å². The molecule has 23 heavy (non-hydrogen) atoms. The van der Waals surface area contributed by atoms with Crippen molar-refractivity contribution in [3.63, 3.8) is 0 Å². The number of hydrogen-bond acceptors (Lipinski definition) is 4. The molecule has 1 aliphatic carbocycles. The molecular formula is C16H13ClN4O2. The second-order valence-electron chi connectivity index (χ2n) is 5.55. The van der Waals surface area contributed by atoms with Crippen molar-refractivity contribution < 1.29 is 4.92 Å². The zero-order valence-corrected chi connectivity index (χ0v) is 12.8. The average Bonchev–Trinajstić information content (AvgIpc) is 3.08. The summed E-state index contributed by atoms with van der Waals surface area (Å²) in [4.78, 5) is 15.4. The van der Waals surface area contributed by atoms with E-state index in [1.807, 2.05) is 24.3 Å². The van der Waals surface area contributed by atoms with Gasteiger partial charge in [-0.3, -0.25) is 0 Å². The Kier molecular flexibility index (Phi) is 3.20. The van der Waals surface area contributed by atoms with E-state index in [1.165, 1.54) is 9.96 Å². The highest BCUT2D eigenvalue weighted by Crippen LogP contribution is 2.37. The number of pyridine rings is 1. The molecule has 4 rings (SSSR count). The largest absolute Gasteiger partial charge is 0.372 e. The van der Waals surface area contributed by atoms with E-state index in [9.17, 15) is 10.1 Å². The number of halogens is 1. The molecule has 1 aromatic carbocycles. The lowest BCUT2D eigenvalue weighted by molar-refractivity contribution is -0.389. The number of nitro groups is 1. The fourth-order valence-corrected chi connectivity index (χ4v) is 3.35. The Balaban J connectivity index is 1.75. The molecule has 2 aromatic heterocycles. The topological polar surface area (TPSA) is 72.5 Å². The lowest BCUT2D eigenvalue weighted by Crippen LogP contribution is -2.09. The van der Waals surface area contributed by atoms with Crippen molar-refractivity contribution in [2.45, 2.75) is 18.9 Å². The van der Waals surface area contributed by atoms with Crippen LogP contribution in [0.5, 0.6) is 0 Å². The number of anilines is 1. The maximum Gasteiger partial charge on any atom is 0.372 e. The van der Waals surface area contributed by atoms with Crippen LogP contribution in [0.1, 0.15) is 23.6 Å². The predicted molar refractivity (Wildman–Crippen MR) is 88.0 cm³/mol. The standard InChI is InChI=1S/C16H13ClN4O2/c17-11-5-6-12-10(9-11)4-7-13(12)18-15-16(21(22)23)20-8-2-1-3-14(20)19-15/h1-3,5-6,8-9,13,18H,4,7H2/t13-/m0/s1. The first-order valence-corrected chi connectivity index (χ1v) is 7.67. The number of nitrogens with zero attached hydrogens (tertiary/aromatic N) is 3. The molecule has 1 atom stereocenters. The maximum atomic E-state index is 11.4. The van der Waals surface area contributed by atoms with E-state index in [0.29, 0.717) is 16.5 Å². The maximum absolute atomic E-state index is 11.4. The second-order valence-corrected chi connectivity index (χ2v) is 5.99. The molecule has 0 radical (unpaired) electrons. The predicted octanol–water partition coefficient (Wildman–Crippen LogP) is 4.00. The number of rotatable bonds is 3. The van der Waals surface area contributed by atoms with Crippen LogP contribution in [0, 0.1) is 10.1 Å². The quantitative estimate of drug-likeness (QED) is 0.582. The lowest BCUT2D eigenvalue weighted by Gasteiger charge is -2.13. The molecule has 7 heteroatoms. The number of fused-ring (bicyclic) bond motifs is 2. The number of aryl methyl sites for hydroxylation is 1. The van der Waals surface area contributed by atoms with Crippen LogP contribution < -0.4 is 5.32 Å².